The van der Waals surface area contributed by atoms with Crippen molar-refractivity contribution in [2.45, 2.75) is 29.8 Å². The van der Waals surface area contributed by atoms with Gasteiger partial charge < -0.3 is 4.90 Å². The molecule has 3 aliphatic rings. The predicted octanol–water partition coefficient (Wildman–Crippen LogP) is 2.32. The lowest BCUT2D eigenvalue weighted by Gasteiger charge is -2.26. The summed E-state index contributed by atoms with van der Waals surface area (Å²) in [5.41, 5.74) is 1.90. The maximum atomic E-state index is 13.4. The predicted molar refractivity (Wildman–Crippen MR) is 106 cm³/mol. The minimum absolute atomic E-state index is 0.00355. The fourth-order valence-electron chi connectivity index (χ4n) is 5.47. The minimum Gasteiger partial charge on any atom is -0.325 e. The number of nitrogens with zero attached hydrogens (tertiary/aromatic N) is 1. The van der Waals surface area contributed by atoms with Crippen molar-refractivity contribution in [1.29, 1.82) is 0 Å². The van der Waals surface area contributed by atoms with E-state index >= 15 is 0 Å². The van der Waals surface area contributed by atoms with Gasteiger partial charge in [0.2, 0.25) is 11.8 Å². The number of carbonyl (C=O) groups is 2. The third-order valence-corrected chi connectivity index (χ3v) is 7.28. The van der Waals surface area contributed by atoms with E-state index in [9.17, 15) is 9.59 Å². The summed E-state index contributed by atoms with van der Waals surface area (Å²) in [6, 6.07) is 18.3. The zero-order valence-corrected chi connectivity index (χ0v) is 16.1. The molecule has 3 saturated heterocycles. The van der Waals surface area contributed by atoms with Gasteiger partial charge in [-0.1, -0.05) is 30.3 Å². The molecule has 3 heterocycles. The molecule has 1 unspecified atom stereocenters. The Kier molecular flexibility index (Phi) is 4.10. The van der Waals surface area contributed by atoms with Crippen LogP contribution < -0.4 is 9.80 Å². The monoisotopic (exact) mass is 379 g/mol. The van der Waals surface area contributed by atoms with Crippen LogP contribution in [0.3, 0.4) is 0 Å². The van der Waals surface area contributed by atoms with Gasteiger partial charge in [0.05, 0.1) is 12.2 Å². The van der Waals surface area contributed by atoms with Gasteiger partial charge in [0, 0.05) is 23.3 Å². The SMILES string of the molecule is CSc1ccc([C@@H]2[C@H]3C(=O)N(c4ccccc4)C(=O)[C@@H]3[C@H]3CCC[NH+]32)cc1. The molecule has 0 spiro atoms. The van der Waals surface area contributed by atoms with E-state index < -0.39 is 0 Å². The molecule has 0 aromatic heterocycles. The van der Waals surface area contributed by atoms with Crippen LogP contribution in [0.4, 0.5) is 5.69 Å². The van der Waals surface area contributed by atoms with Crippen LogP contribution in [0.1, 0.15) is 24.4 Å². The lowest BCUT2D eigenvalue weighted by Crippen LogP contribution is -3.12. The zero-order valence-electron chi connectivity index (χ0n) is 15.3. The van der Waals surface area contributed by atoms with Gasteiger partial charge in [0.1, 0.15) is 23.9 Å². The highest BCUT2D eigenvalue weighted by Crippen LogP contribution is 2.44. The normalized spacial score (nSPS) is 32.0. The lowest BCUT2D eigenvalue weighted by molar-refractivity contribution is -0.931. The number of rotatable bonds is 3. The second-order valence-electron chi connectivity index (χ2n) is 7.72. The molecule has 5 rings (SSSR count). The summed E-state index contributed by atoms with van der Waals surface area (Å²) in [5.74, 6) is -0.431. The number of quaternary nitrogens is 1. The number of carbonyl (C=O) groups excluding carboxylic acids is 2. The van der Waals surface area contributed by atoms with Crippen LogP contribution in [0, 0.1) is 11.8 Å². The van der Waals surface area contributed by atoms with Crippen molar-refractivity contribution < 1.29 is 14.5 Å². The summed E-state index contributed by atoms with van der Waals surface area (Å²) in [7, 11) is 0. The molecule has 138 valence electrons. The summed E-state index contributed by atoms with van der Waals surface area (Å²) in [6.45, 7) is 1.05. The van der Waals surface area contributed by atoms with E-state index in [0.29, 0.717) is 5.69 Å². The maximum absolute atomic E-state index is 13.4. The van der Waals surface area contributed by atoms with Crippen LogP contribution in [0.2, 0.25) is 0 Å². The van der Waals surface area contributed by atoms with Crippen molar-refractivity contribution in [3.8, 4) is 0 Å². The molecule has 2 aromatic rings. The molecule has 1 N–H and O–H groups in total. The Hall–Kier alpha value is -2.11. The fourth-order valence-corrected chi connectivity index (χ4v) is 5.88. The van der Waals surface area contributed by atoms with Gasteiger partial charge in [-0.05, 0) is 30.5 Å². The highest BCUT2D eigenvalue weighted by Gasteiger charge is 2.66. The van der Waals surface area contributed by atoms with Crippen molar-refractivity contribution in [3.05, 3.63) is 60.2 Å². The first-order chi connectivity index (χ1) is 13.2. The van der Waals surface area contributed by atoms with Crippen LogP contribution >= 0.6 is 11.8 Å². The Labute approximate surface area is 163 Å². The van der Waals surface area contributed by atoms with Gasteiger partial charge in [-0.3, -0.25) is 9.59 Å². The first kappa shape index (κ1) is 17.0. The van der Waals surface area contributed by atoms with Crippen molar-refractivity contribution in [2.75, 3.05) is 17.7 Å². The number of imide groups is 1. The molecule has 0 radical (unpaired) electrons. The van der Waals surface area contributed by atoms with Crippen LogP contribution in [0.5, 0.6) is 0 Å². The molecule has 0 saturated carbocycles. The molecule has 2 amide bonds. The summed E-state index contributed by atoms with van der Waals surface area (Å²) in [6.07, 6.45) is 4.24. The van der Waals surface area contributed by atoms with Crippen molar-refractivity contribution >= 4 is 29.3 Å². The quantitative estimate of drug-likeness (QED) is 0.657. The second-order valence-corrected chi connectivity index (χ2v) is 8.60. The Morgan fingerprint density at radius 3 is 2.37 bits per heavy atom. The van der Waals surface area contributed by atoms with Gasteiger partial charge >= 0.3 is 0 Å². The van der Waals surface area contributed by atoms with E-state index in [1.165, 1.54) is 20.3 Å². The average molecular weight is 380 g/mol. The molecule has 4 nitrogen and oxygen atoms in total. The summed E-state index contributed by atoms with van der Waals surface area (Å²) in [5, 5.41) is 0. The molecule has 3 aliphatic heterocycles. The number of nitrogens with one attached hydrogen (secondary N) is 1. The van der Waals surface area contributed by atoms with Crippen LogP contribution in [-0.4, -0.2) is 30.7 Å². The second kappa shape index (κ2) is 6.50. The van der Waals surface area contributed by atoms with Crippen LogP contribution in [0.15, 0.2) is 59.5 Å². The summed E-state index contributed by atoms with van der Waals surface area (Å²) >= 11 is 1.72. The number of amides is 2. The first-order valence-corrected chi connectivity index (χ1v) is 10.9. The topological polar surface area (TPSA) is 41.8 Å². The molecule has 0 aliphatic carbocycles. The number of para-hydroxylation sites is 1. The van der Waals surface area contributed by atoms with Crippen LogP contribution in [0.25, 0.3) is 0 Å². The molecule has 3 fully saturated rings. The van der Waals surface area contributed by atoms with Gasteiger partial charge in [0.15, 0.2) is 0 Å². The van der Waals surface area contributed by atoms with E-state index in [1.54, 1.807) is 11.8 Å². The van der Waals surface area contributed by atoms with E-state index in [2.05, 4.69) is 30.5 Å². The number of benzene rings is 2. The Bertz CT molecular complexity index is 883. The van der Waals surface area contributed by atoms with E-state index in [1.807, 2.05) is 30.3 Å². The third kappa shape index (κ3) is 2.48. The average Bonchev–Trinajstić information content (AvgIpc) is 3.35. The van der Waals surface area contributed by atoms with Crippen molar-refractivity contribution in [1.82, 2.24) is 0 Å². The van der Waals surface area contributed by atoms with Crippen molar-refractivity contribution in [2.24, 2.45) is 11.8 Å². The Morgan fingerprint density at radius 2 is 1.67 bits per heavy atom. The Balaban J connectivity index is 1.57. The Morgan fingerprint density at radius 1 is 0.963 bits per heavy atom. The highest BCUT2D eigenvalue weighted by atomic mass is 32.2. The molecule has 5 atom stereocenters. The van der Waals surface area contributed by atoms with Gasteiger partial charge in [-0.2, -0.15) is 0 Å². The molecular formula is C22H23N2O2S+. The number of hydrogen-bond acceptors (Lipinski definition) is 3. The van der Waals surface area contributed by atoms with Crippen molar-refractivity contribution in [3.63, 3.8) is 0 Å². The minimum atomic E-state index is -0.238. The molecule has 5 heteroatoms. The number of fused-ring (bicyclic) bond motifs is 3. The summed E-state index contributed by atoms with van der Waals surface area (Å²) < 4.78 is 0. The number of anilines is 1. The van der Waals surface area contributed by atoms with E-state index in [4.69, 9.17) is 0 Å². The van der Waals surface area contributed by atoms with E-state index in [-0.39, 0.29) is 35.7 Å². The third-order valence-electron chi connectivity index (χ3n) is 6.54. The lowest BCUT2D eigenvalue weighted by atomic mass is 9.85. The van der Waals surface area contributed by atoms with Crippen LogP contribution in [-0.2, 0) is 9.59 Å². The summed E-state index contributed by atoms with van der Waals surface area (Å²) in [4.78, 5) is 30.8. The van der Waals surface area contributed by atoms with Gasteiger partial charge in [-0.25, -0.2) is 4.90 Å². The smallest absolute Gasteiger partial charge is 0.244 e. The standard InChI is InChI=1S/C22H22N2O2S/c1-27-16-11-9-14(10-12-16)20-19-18(17-8-5-13-23(17)20)21(25)24(22(19)26)15-6-3-2-4-7-15/h2-4,6-7,9-12,17-20H,5,8,13H2,1H3/p+1/t17-,18-,19+,20-/m1/s1. The fraction of sp³-hybridized carbons (Fsp3) is 0.364. The first-order valence-electron chi connectivity index (χ1n) is 9.63. The zero-order chi connectivity index (χ0) is 18.5. The van der Waals surface area contributed by atoms with Gasteiger partial charge in [0.25, 0.3) is 0 Å². The van der Waals surface area contributed by atoms with E-state index in [0.717, 1.165) is 19.4 Å². The molecule has 27 heavy (non-hydrogen) atoms. The number of thioether (sulfide) groups is 1. The highest BCUT2D eigenvalue weighted by molar-refractivity contribution is 7.98. The van der Waals surface area contributed by atoms with Gasteiger partial charge in [-0.15, -0.1) is 11.8 Å². The maximum Gasteiger partial charge on any atom is 0.244 e. The molecular weight excluding hydrogens is 356 g/mol. The largest absolute Gasteiger partial charge is 0.325 e. The molecule has 2 aromatic carbocycles. The molecule has 0 bridgehead atoms. The number of hydrogen-bond donors (Lipinski definition) is 1.